The van der Waals surface area contributed by atoms with E-state index in [9.17, 15) is 9.59 Å². The Kier molecular flexibility index (Phi) is 5.45. The molecular weight excluding hydrogens is 200 g/mol. The fourth-order valence-electron chi connectivity index (χ4n) is 1.22. The van der Waals surface area contributed by atoms with Gasteiger partial charge in [-0.3, -0.25) is 9.59 Å². The van der Waals surface area contributed by atoms with E-state index in [4.69, 9.17) is 9.53 Å². The fourth-order valence-corrected chi connectivity index (χ4v) is 3.25. The number of hydrogen-bond acceptors (Lipinski definition) is 3. The number of hydrogen-bond donors (Lipinski definition) is 1. The third-order valence-corrected chi connectivity index (χ3v) is 4.27. The van der Waals surface area contributed by atoms with Crippen molar-refractivity contribution in [3.63, 3.8) is 0 Å². The van der Waals surface area contributed by atoms with Crippen molar-refractivity contribution in [3.8, 4) is 0 Å². The first-order chi connectivity index (χ1) is 6.37. The summed E-state index contributed by atoms with van der Waals surface area (Å²) in [6.07, 6.45) is 0.830. The molecule has 5 heteroatoms. The standard InChI is InChI=1S/C9H18O4Si/c1-4-7-14(2,3)13-9(12)6-5-8(10)11/h4-7H2,1-3H3,(H,10,11). The first-order valence-corrected chi connectivity index (χ1v) is 7.92. The van der Waals surface area contributed by atoms with Crippen molar-refractivity contribution in [2.75, 3.05) is 0 Å². The van der Waals surface area contributed by atoms with Crippen LogP contribution in [0.15, 0.2) is 0 Å². The average Bonchev–Trinajstić information content (AvgIpc) is 1.99. The number of rotatable bonds is 6. The van der Waals surface area contributed by atoms with Gasteiger partial charge in [0.1, 0.15) is 0 Å². The molecule has 4 nitrogen and oxygen atoms in total. The van der Waals surface area contributed by atoms with Gasteiger partial charge in [-0.15, -0.1) is 0 Å². The van der Waals surface area contributed by atoms with E-state index in [2.05, 4.69) is 0 Å². The Morgan fingerprint density at radius 2 is 1.86 bits per heavy atom. The summed E-state index contributed by atoms with van der Waals surface area (Å²) in [7, 11) is -1.88. The molecule has 0 aromatic rings. The first kappa shape index (κ1) is 13.2. The van der Waals surface area contributed by atoms with E-state index < -0.39 is 14.3 Å². The second kappa shape index (κ2) is 5.80. The zero-order valence-electron chi connectivity index (χ0n) is 9.00. The molecule has 0 saturated carbocycles. The van der Waals surface area contributed by atoms with E-state index in [0.717, 1.165) is 12.5 Å². The summed E-state index contributed by atoms with van der Waals surface area (Å²) in [5.41, 5.74) is 0. The highest BCUT2D eigenvalue weighted by molar-refractivity contribution is 6.72. The number of carbonyl (C=O) groups excluding carboxylic acids is 1. The summed E-state index contributed by atoms with van der Waals surface area (Å²) < 4.78 is 5.27. The van der Waals surface area contributed by atoms with E-state index in [1.807, 2.05) is 20.0 Å². The van der Waals surface area contributed by atoms with Crippen molar-refractivity contribution in [1.29, 1.82) is 0 Å². The van der Waals surface area contributed by atoms with Gasteiger partial charge in [-0.05, 0) is 19.1 Å². The van der Waals surface area contributed by atoms with Gasteiger partial charge < -0.3 is 9.53 Å². The predicted molar refractivity (Wildman–Crippen MR) is 55.5 cm³/mol. The van der Waals surface area contributed by atoms with Crippen LogP contribution in [-0.4, -0.2) is 25.4 Å². The maximum Gasteiger partial charge on any atom is 0.303 e. The van der Waals surface area contributed by atoms with Crippen LogP contribution in [0.2, 0.25) is 19.1 Å². The molecule has 0 aromatic heterocycles. The number of carbonyl (C=O) groups is 2. The average molecular weight is 218 g/mol. The summed E-state index contributed by atoms with van der Waals surface area (Å²) in [4.78, 5) is 21.4. The molecule has 0 unspecified atom stereocenters. The second-order valence-corrected chi connectivity index (χ2v) is 8.10. The van der Waals surface area contributed by atoms with Crippen LogP contribution in [-0.2, 0) is 14.0 Å². The minimum atomic E-state index is -1.88. The Bertz CT molecular complexity index is 213. The summed E-state index contributed by atoms with van der Waals surface area (Å²) in [6, 6.07) is 0.922. The highest BCUT2D eigenvalue weighted by Crippen LogP contribution is 2.14. The van der Waals surface area contributed by atoms with Gasteiger partial charge in [0.05, 0.1) is 12.8 Å². The zero-order chi connectivity index (χ0) is 11.2. The highest BCUT2D eigenvalue weighted by atomic mass is 28.4. The third kappa shape index (κ3) is 6.65. The molecule has 0 radical (unpaired) electrons. The van der Waals surface area contributed by atoms with Gasteiger partial charge in [-0.25, -0.2) is 0 Å². The Morgan fingerprint density at radius 1 is 1.29 bits per heavy atom. The number of carboxylic acid groups (broad SMARTS) is 1. The van der Waals surface area contributed by atoms with Crippen molar-refractivity contribution < 1.29 is 19.1 Å². The Morgan fingerprint density at radius 3 is 2.29 bits per heavy atom. The van der Waals surface area contributed by atoms with Gasteiger partial charge in [-0.1, -0.05) is 13.3 Å². The molecule has 1 N–H and O–H groups in total. The molecule has 0 bridgehead atoms. The Hall–Kier alpha value is -0.843. The summed E-state index contributed by atoms with van der Waals surface area (Å²) in [5.74, 6) is -1.34. The Balaban J connectivity index is 3.86. The van der Waals surface area contributed by atoms with Crippen LogP contribution < -0.4 is 0 Å². The summed E-state index contributed by atoms with van der Waals surface area (Å²) in [5, 5.41) is 8.37. The Labute approximate surface area is 85.4 Å². The normalized spacial score (nSPS) is 11.1. The van der Waals surface area contributed by atoms with E-state index in [-0.39, 0.29) is 18.8 Å². The molecule has 0 aliphatic heterocycles. The second-order valence-electron chi connectivity index (χ2n) is 3.88. The van der Waals surface area contributed by atoms with Crippen LogP contribution in [0.4, 0.5) is 0 Å². The van der Waals surface area contributed by atoms with Crippen LogP contribution in [0.3, 0.4) is 0 Å². The van der Waals surface area contributed by atoms with Gasteiger partial charge in [0, 0.05) is 0 Å². The maximum atomic E-state index is 11.2. The molecule has 0 aliphatic carbocycles. The molecule has 0 aromatic carbocycles. The van der Waals surface area contributed by atoms with Gasteiger partial charge in [0.15, 0.2) is 0 Å². The monoisotopic (exact) mass is 218 g/mol. The molecule has 0 spiro atoms. The summed E-state index contributed by atoms with van der Waals surface area (Å²) >= 11 is 0. The predicted octanol–water partition coefficient (Wildman–Crippen LogP) is 2.01. The van der Waals surface area contributed by atoms with E-state index >= 15 is 0 Å². The molecule has 0 heterocycles. The van der Waals surface area contributed by atoms with Crippen molar-refractivity contribution in [2.24, 2.45) is 0 Å². The molecule has 0 fully saturated rings. The SMILES string of the molecule is CCC[Si](C)(C)OC(=O)CCC(=O)O. The molecule has 0 saturated heterocycles. The molecule has 0 atom stereocenters. The smallest absolute Gasteiger partial charge is 0.303 e. The lowest BCUT2D eigenvalue weighted by molar-refractivity contribution is -0.142. The van der Waals surface area contributed by atoms with Crippen LogP contribution in [0, 0.1) is 0 Å². The quantitative estimate of drug-likeness (QED) is 0.693. The molecule has 14 heavy (non-hydrogen) atoms. The van der Waals surface area contributed by atoms with Crippen molar-refractivity contribution in [1.82, 2.24) is 0 Å². The topological polar surface area (TPSA) is 63.6 Å². The lowest BCUT2D eigenvalue weighted by Crippen LogP contribution is -2.33. The molecular formula is C9H18O4Si. The van der Waals surface area contributed by atoms with Crippen LogP contribution in [0.1, 0.15) is 26.2 Å². The van der Waals surface area contributed by atoms with Crippen molar-refractivity contribution >= 4 is 20.3 Å². The lowest BCUT2D eigenvalue weighted by atomic mass is 10.3. The van der Waals surface area contributed by atoms with Crippen LogP contribution in [0.25, 0.3) is 0 Å². The van der Waals surface area contributed by atoms with E-state index in [0.29, 0.717) is 0 Å². The fraction of sp³-hybridized carbons (Fsp3) is 0.778. The highest BCUT2D eigenvalue weighted by Gasteiger charge is 2.25. The first-order valence-electron chi connectivity index (χ1n) is 4.81. The third-order valence-electron chi connectivity index (χ3n) is 1.79. The van der Waals surface area contributed by atoms with Gasteiger partial charge >= 0.3 is 5.97 Å². The number of aliphatic carboxylic acids is 1. The zero-order valence-corrected chi connectivity index (χ0v) is 10.0. The lowest BCUT2D eigenvalue weighted by Gasteiger charge is -2.21. The van der Waals surface area contributed by atoms with E-state index in [1.165, 1.54) is 0 Å². The van der Waals surface area contributed by atoms with Gasteiger partial charge in [0.25, 0.3) is 5.97 Å². The number of carboxylic acids is 1. The molecule has 0 aliphatic rings. The van der Waals surface area contributed by atoms with Crippen molar-refractivity contribution in [2.45, 2.75) is 45.3 Å². The van der Waals surface area contributed by atoms with E-state index in [1.54, 1.807) is 0 Å². The van der Waals surface area contributed by atoms with Gasteiger partial charge in [-0.2, -0.15) is 0 Å². The molecule has 0 rings (SSSR count). The molecule has 82 valence electrons. The largest absolute Gasteiger partial charge is 0.520 e. The van der Waals surface area contributed by atoms with Crippen molar-refractivity contribution in [3.05, 3.63) is 0 Å². The van der Waals surface area contributed by atoms with Gasteiger partial charge in [0.2, 0.25) is 8.32 Å². The minimum absolute atomic E-state index is 0.0184. The molecule has 0 amide bonds. The summed E-state index contributed by atoms with van der Waals surface area (Å²) in [6.45, 7) is 5.98. The minimum Gasteiger partial charge on any atom is -0.520 e. The van der Waals surface area contributed by atoms with Crippen LogP contribution >= 0.6 is 0 Å². The maximum absolute atomic E-state index is 11.2. The van der Waals surface area contributed by atoms with Crippen LogP contribution in [0.5, 0.6) is 0 Å².